The minimum atomic E-state index is -3.43. The highest BCUT2D eigenvalue weighted by atomic mass is 32.2. The fourth-order valence-corrected chi connectivity index (χ4v) is 5.21. The van der Waals surface area contributed by atoms with Crippen LogP contribution in [0, 0.1) is 5.92 Å². The number of aliphatic hydroxyl groups excluding tert-OH is 1. The molecule has 2 atom stereocenters. The van der Waals surface area contributed by atoms with Crippen LogP contribution in [0.4, 0.5) is 5.69 Å². The molecule has 0 radical (unpaired) electrons. The van der Waals surface area contributed by atoms with Crippen molar-refractivity contribution >= 4 is 21.6 Å². The summed E-state index contributed by atoms with van der Waals surface area (Å²) in [6.45, 7) is 3.66. The SMILES string of the molecule is COc1ccc(CN2C(=O)CO[C@H](c3ccc(NS(=O)(=O)CC(C)C)cc3)[C@H]2CO)cc1. The molecule has 1 aliphatic heterocycles. The maximum Gasteiger partial charge on any atom is 0.249 e. The number of anilines is 1. The summed E-state index contributed by atoms with van der Waals surface area (Å²) in [5.74, 6) is 0.578. The van der Waals surface area contributed by atoms with Gasteiger partial charge in [0.15, 0.2) is 0 Å². The van der Waals surface area contributed by atoms with Gasteiger partial charge in [-0.2, -0.15) is 0 Å². The number of sulfonamides is 1. The lowest BCUT2D eigenvalue weighted by Crippen LogP contribution is -2.52. The summed E-state index contributed by atoms with van der Waals surface area (Å²) >= 11 is 0. The number of benzene rings is 2. The van der Waals surface area contributed by atoms with E-state index in [1.807, 2.05) is 38.1 Å². The highest BCUT2D eigenvalue weighted by Crippen LogP contribution is 2.31. The van der Waals surface area contributed by atoms with Crippen LogP contribution in [0.3, 0.4) is 0 Å². The summed E-state index contributed by atoms with van der Waals surface area (Å²) < 4.78 is 37.8. The predicted molar refractivity (Wildman–Crippen MR) is 122 cm³/mol. The van der Waals surface area contributed by atoms with Crippen molar-refractivity contribution in [2.45, 2.75) is 32.5 Å². The Balaban J connectivity index is 1.75. The van der Waals surface area contributed by atoms with Gasteiger partial charge in [0.2, 0.25) is 15.9 Å². The van der Waals surface area contributed by atoms with Crippen molar-refractivity contribution in [2.24, 2.45) is 5.92 Å². The fourth-order valence-electron chi connectivity index (χ4n) is 3.75. The van der Waals surface area contributed by atoms with Crippen molar-refractivity contribution in [1.82, 2.24) is 4.90 Å². The zero-order valence-electron chi connectivity index (χ0n) is 18.5. The van der Waals surface area contributed by atoms with Gasteiger partial charge in [-0.3, -0.25) is 9.52 Å². The van der Waals surface area contributed by atoms with E-state index in [9.17, 15) is 18.3 Å². The van der Waals surface area contributed by atoms with Gasteiger partial charge in [0.1, 0.15) is 18.5 Å². The van der Waals surface area contributed by atoms with Crippen LogP contribution in [0.1, 0.15) is 31.1 Å². The number of hydrogen-bond acceptors (Lipinski definition) is 6. The number of morpholine rings is 1. The highest BCUT2D eigenvalue weighted by molar-refractivity contribution is 7.92. The third kappa shape index (κ3) is 5.99. The molecular weight excluding hydrogens is 432 g/mol. The van der Waals surface area contributed by atoms with Gasteiger partial charge in [0, 0.05) is 12.2 Å². The van der Waals surface area contributed by atoms with Crippen molar-refractivity contribution < 1.29 is 27.8 Å². The average molecular weight is 463 g/mol. The van der Waals surface area contributed by atoms with E-state index in [2.05, 4.69) is 4.72 Å². The second-order valence-electron chi connectivity index (χ2n) is 8.25. The lowest BCUT2D eigenvalue weighted by molar-refractivity contribution is -0.162. The van der Waals surface area contributed by atoms with Gasteiger partial charge in [0.05, 0.1) is 25.5 Å². The van der Waals surface area contributed by atoms with Crippen molar-refractivity contribution in [3.8, 4) is 5.75 Å². The zero-order chi connectivity index (χ0) is 23.3. The van der Waals surface area contributed by atoms with E-state index in [-0.39, 0.29) is 30.8 Å². The van der Waals surface area contributed by atoms with Gasteiger partial charge in [-0.25, -0.2) is 8.42 Å². The van der Waals surface area contributed by atoms with E-state index < -0.39 is 22.2 Å². The average Bonchev–Trinajstić information content (AvgIpc) is 2.75. The van der Waals surface area contributed by atoms with Crippen LogP contribution in [0.15, 0.2) is 48.5 Å². The van der Waals surface area contributed by atoms with E-state index in [4.69, 9.17) is 9.47 Å². The number of methoxy groups -OCH3 is 1. The Hall–Kier alpha value is -2.62. The number of nitrogens with one attached hydrogen (secondary N) is 1. The number of hydrogen-bond donors (Lipinski definition) is 2. The van der Waals surface area contributed by atoms with Gasteiger partial charge >= 0.3 is 0 Å². The Bertz CT molecular complexity index is 1010. The Morgan fingerprint density at radius 3 is 2.38 bits per heavy atom. The molecule has 0 aromatic heterocycles. The molecule has 2 N–H and O–H groups in total. The maximum atomic E-state index is 12.6. The van der Waals surface area contributed by atoms with Crippen molar-refractivity contribution in [3.05, 3.63) is 59.7 Å². The van der Waals surface area contributed by atoms with Crippen molar-refractivity contribution in [1.29, 1.82) is 0 Å². The number of nitrogens with zero attached hydrogens (tertiary/aromatic N) is 1. The van der Waals surface area contributed by atoms with Crippen LogP contribution in [-0.4, -0.2) is 56.4 Å². The van der Waals surface area contributed by atoms with Crippen LogP contribution in [0.5, 0.6) is 5.75 Å². The molecule has 3 rings (SSSR count). The minimum absolute atomic E-state index is 0.0157. The Labute approximate surface area is 189 Å². The first kappa shape index (κ1) is 24.0. The van der Waals surface area contributed by atoms with Gasteiger partial charge in [-0.1, -0.05) is 38.1 Å². The molecule has 0 aliphatic carbocycles. The Morgan fingerprint density at radius 1 is 1.16 bits per heavy atom. The second kappa shape index (κ2) is 10.3. The monoisotopic (exact) mass is 462 g/mol. The molecule has 1 fully saturated rings. The molecule has 1 amide bonds. The molecule has 0 saturated carbocycles. The molecule has 1 saturated heterocycles. The number of rotatable bonds is 9. The van der Waals surface area contributed by atoms with Crippen LogP contribution >= 0.6 is 0 Å². The second-order valence-corrected chi connectivity index (χ2v) is 10.0. The summed E-state index contributed by atoms with van der Waals surface area (Å²) in [5, 5.41) is 10.1. The van der Waals surface area contributed by atoms with Gasteiger partial charge < -0.3 is 19.5 Å². The molecule has 8 nitrogen and oxygen atoms in total. The number of amides is 1. The smallest absolute Gasteiger partial charge is 0.249 e. The number of carbonyl (C=O) groups is 1. The van der Waals surface area contributed by atoms with Crippen molar-refractivity contribution in [2.75, 3.05) is 30.8 Å². The molecule has 1 aliphatic rings. The van der Waals surface area contributed by atoms with E-state index in [0.29, 0.717) is 12.2 Å². The first-order chi connectivity index (χ1) is 15.2. The van der Waals surface area contributed by atoms with E-state index in [0.717, 1.165) is 16.9 Å². The molecule has 174 valence electrons. The molecule has 9 heteroatoms. The molecule has 1 heterocycles. The summed E-state index contributed by atoms with van der Waals surface area (Å²) in [6, 6.07) is 13.7. The molecule has 2 aromatic rings. The zero-order valence-corrected chi connectivity index (χ0v) is 19.3. The molecular formula is C23H30N2O6S. The minimum Gasteiger partial charge on any atom is -0.497 e. The third-order valence-corrected chi connectivity index (χ3v) is 6.87. The first-order valence-corrected chi connectivity index (χ1v) is 12.1. The molecule has 2 aromatic carbocycles. The highest BCUT2D eigenvalue weighted by Gasteiger charge is 2.37. The number of ether oxygens (including phenoxy) is 2. The summed E-state index contributed by atoms with van der Waals surface area (Å²) in [7, 11) is -1.84. The predicted octanol–water partition coefficient (Wildman–Crippen LogP) is 2.55. The van der Waals surface area contributed by atoms with E-state index >= 15 is 0 Å². The lowest BCUT2D eigenvalue weighted by Gasteiger charge is -2.40. The summed E-state index contributed by atoms with van der Waals surface area (Å²) in [6.07, 6.45) is -0.530. The third-order valence-electron chi connectivity index (χ3n) is 5.22. The van der Waals surface area contributed by atoms with Gasteiger partial charge in [-0.05, 0) is 41.3 Å². The topological polar surface area (TPSA) is 105 Å². The largest absolute Gasteiger partial charge is 0.497 e. The molecule has 32 heavy (non-hydrogen) atoms. The Kier molecular flexibility index (Phi) is 7.76. The molecule has 0 spiro atoms. The Morgan fingerprint density at radius 2 is 1.81 bits per heavy atom. The van der Waals surface area contributed by atoms with Gasteiger partial charge in [-0.15, -0.1) is 0 Å². The molecule has 0 unspecified atom stereocenters. The van der Waals surface area contributed by atoms with E-state index in [1.165, 1.54) is 0 Å². The lowest BCUT2D eigenvalue weighted by atomic mass is 9.98. The summed E-state index contributed by atoms with van der Waals surface area (Å²) in [4.78, 5) is 14.2. The van der Waals surface area contributed by atoms with Crippen LogP contribution < -0.4 is 9.46 Å². The normalized spacial score (nSPS) is 19.3. The van der Waals surface area contributed by atoms with Crippen LogP contribution in [0.25, 0.3) is 0 Å². The number of aliphatic hydroxyl groups is 1. The van der Waals surface area contributed by atoms with Gasteiger partial charge in [0.25, 0.3) is 0 Å². The summed E-state index contributed by atoms with van der Waals surface area (Å²) in [5.41, 5.74) is 2.12. The maximum absolute atomic E-state index is 12.6. The first-order valence-electron chi connectivity index (χ1n) is 10.5. The van der Waals surface area contributed by atoms with E-state index in [1.54, 1.807) is 36.3 Å². The quantitative estimate of drug-likeness (QED) is 0.593. The van der Waals surface area contributed by atoms with Crippen molar-refractivity contribution in [3.63, 3.8) is 0 Å². The fraction of sp³-hybridized carbons (Fsp3) is 0.435. The van der Waals surface area contributed by atoms with Crippen LogP contribution in [-0.2, 0) is 26.1 Å². The number of carbonyl (C=O) groups excluding carboxylic acids is 1. The van der Waals surface area contributed by atoms with Crippen LogP contribution in [0.2, 0.25) is 0 Å². The standard InChI is InChI=1S/C23H30N2O6S/c1-16(2)15-32(28,29)24-19-8-6-18(7-9-19)23-21(13-26)25(22(27)14-31-23)12-17-4-10-20(30-3)11-5-17/h4-11,16,21,23-24,26H,12-15H2,1-3H3/t21-,23-/m1/s1. The molecule has 0 bridgehead atoms.